The third-order valence-corrected chi connectivity index (χ3v) is 118. The van der Waals surface area contributed by atoms with Crippen molar-refractivity contribution >= 4 is 256 Å². The molecule has 0 fully saturated rings. The van der Waals surface area contributed by atoms with Gasteiger partial charge < -0.3 is 87.0 Å². The number of esters is 1. The molecule has 0 radical (unpaired) electrons. The Morgan fingerprint density at radius 1 is 0.241 bits per heavy atom. The quantitative estimate of drug-likeness (QED) is 0.0240. The molecule has 0 saturated heterocycles. The van der Waals surface area contributed by atoms with Gasteiger partial charge in [-0.2, -0.15) is 0 Å². The molecule has 2 unspecified atom stereocenters. The molecule has 51 heteroatoms. The molecule has 0 saturated carbocycles. The molecular weight excluding hydrogens is 2200 g/mol. The molecule has 0 bridgehead atoms. The van der Waals surface area contributed by atoms with E-state index in [9.17, 15) is 4.79 Å². The fourth-order valence-corrected chi connectivity index (χ4v) is 130. The third-order valence-electron chi connectivity index (χ3n) is 21.6. The predicted octanol–water partition coefficient (Wildman–Crippen LogP) is 28.7. The van der Waals surface area contributed by atoms with Crippen LogP contribution in [-0.2, 0) is 91.8 Å². The van der Waals surface area contributed by atoms with Crippen LogP contribution in [0.1, 0.15) is 90.9 Å². The van der Waals surface area contributed by atoms with Gasteiger partial charge in [-0.1, -0.05) is 78.2 Å². The van der Waals surface area contributed by atoms with Crippen molar-refractivity contribution in [3.63, 3.8) is 0 Å². The van der Waals surface area contributed by atoms with Crippen LogP contribution in [-0.4, -0.2) is 262 Å². The van der Waals surface area contributed by atoms with Gasteiger partial charge in [-0.3, -0.25) is 0 Å². The van der Waals surface area contributed by atoms with E-state index in [1.54, 1.807) is 0 Å². The van der Waals surface area contributed by atoms with Crippen LogP contribution in [0.3, 0.4) is 0 Å². The van der Waals surface area contributed by atoms with E-state index >= 15 is 0 Å². The van der Waals surface area contributed by atoms with Crippen LogP contribution < -0.4 is 0 Å². The highest BCUT2D eigenvalue weighted by molar-refractivity contribution is 6.97. The molecule has 0 aliphatic carbocycles. The lowest BCUT2D eigenvalue weighted by atomic mass is 10.2. The first-order chi connectivity index (χ1) is 61.0. The zero-order chi connectivity index (χ0) is 107. The van der Waals surface area contributed by atoms with Crippen molar-refractivity contribution < 1.29 is 91.8 Å². The standard InChI is InChI=1S/C86H228O22Si29/c1-54-56-57-61-72-128(44,45)104-133(92-112(4)5,95-115(9,10)11)80-76-129(46,47)105-135(98-118(18,19)20,99-119(21,22)23)82-78-131(50,51)107-137(102-122(30,31)32,103-123(33,34)35)84-79-132(52,53)108-136(100-120(24,25)26,101-121(27,28)29)83-77-130(48,49)106-134(96-116(12,13)14,97-117(15,16)17)81-75-127(42,43)94-113(70-60-58-66-88-86(87)85(3)65-55-2)93-126(40,41)71-62-59-67-110-90-124(36,37)74-64-69-111-91-125(38,39)73-63-68-109-89-114(6,7)8/h112-113H,3,54-84,109-111H2,1-2,4-53H3. The zero-order valence-electron chi connectivity index (χ0n) is 99.9. The smallest absolute Gasteiger partial charge is 0.462 e. The summed E-state index contributed by atoms with van der Waals surface area (Å²) in [6.07, 6.45) is 12.8. The molecule has 0 heterocycles. The first-order valence-corrected chi connectivity index (χ1v) is 135. The van der Waals surface area contributed by atoms with Crippen molar-refractivity contribution in [1.82, 2.24) is 0 Å². The highest BCUT2D eigenvalue weighted by Gasteiger charge is 2.61. The van der Waals surface area contributed by atoms with Crippen LogP contribution in [0, 0.1) is 0 Å². The maximum absolute atomic E-state index is 12.9. The Morgan fingerprint density at radius 2 is 0.496 bits per heavy atom. The van der Waals surface area contributed by atoms with E-state index in [4.69, 9.17) is 87.0 Å². The van der Waals surface area contributed by atoms with E-state index in [2.05, 4.69) is 348 Å². The molecule has 0 aromatic heterocycles. The second kappa shape index (κ2) is 59.0. The Hall–Kier alpha value is 4.70. The van der Waals surface area contributed by atoms with Gasteiger partial charge >= 0.3 is 59.3 Å². The predicted molar refractivity (Wildman–Crippen MR) is 666 cm³/mol. The molecule has 0 aliphatic heterocycles. The lowest BCUT2D eigenvalue weighted by Gasteiger charge is -2.48. The normalized spacial score (nSPS) is 15.8. The number of hydrogen-bond acceptors (Lipinski definition) is 22. The van der Waals surface area contributed by atoms with Gasteiger partial charge in [-0.05, 0) is 425 Å². The number of carbonyl (C=O) groups is 1. The number of hydrogen-bond donors (Lipinski definition) is 0. The highest BCUT2D eigenvalue weighted by atomic mass is 28.5. The summed E-state index contributed by atoms with van der Waals surface area (Å²) in [4.78, 5) is 12.9. The highest BCUT2D eigenvalue weighted by Crippen LogP contribution is 2.44. The molecule has 2 atom stereocenters. The van der Waals surface area contributed by atoms with Crippen LogP contribution >= 0.6 is 0 Å². The summed E-state index contributed by atoms with van der Waals surface area (Å²) < 4.78 is 157. The van der Waals surface area contributed by atoms with Crippen molar-refractivity contribution in [2.45, 2.75) is 527 Å². The SMILES string of the molecule is C=C(CCC)C(=O)OCCCC[SiH](O[Si](C)(C)CCCC[SiH2]O[Si](C)(C)CCC[SiH2]O[Si](C)(C)CCC[SiH2]O[Si](C)(C)C)O[Si](C)(C)CC[Si](O[Si](C)(C)C)(O[Si](C)(C)C)O[Si](C)(C)CC[Si](O[Si](C)(C)C)(O[Si](C)(C)C)O[Si](C)(C)CC[Si](O[Si](C)(C)C)(O[Si](C)(C)C)O[Si](C)(C)CC[Si](O[Si](C)(C)C)(O[Si](C)(C)C)O[Si](C)(C)CC[Si](O[SiH](C)C)(O[Si](C)(C)C)O[Si](C)(C)CCCCCC. The maximum atomic E-state index is 12.9. The first-order valence-electron chi connectivity index (χ1n) is 53.6. The van der Waals surface area contributed by atoms with E-state index in [1.165, 1.54) is 75.2 Å². The summed E-state index contributed by atoms with van der Waals surface area (Å²) in [5.41, 5.74) is 0.539. The monoisotopic (exact) mass is 2430 g/mol. The molecule has 820 valence electrons. The number of ether oxygens (including phenoxy) is 1. The third kappa shape index (κ3) is 73.7. The molecule has 0 aromatic carbocycles. The molecule has 0 amide bonds. The minimum atomic E-state index is -3.60. The fraction of sp³-hybridized carbons (Fsp3) is 0.965. The van der Waals surface area contributed by atoms with Crippen LogP contribution in [0.5, 0.6) is 0 Å². The van der Waals surface area contributed by atoms with Gasteiger partial charge in [-0.25, -0.2) is 4.79 Å². The van der Waals surface area contributed by atoms with Crippen LogP contribution in [0.2, 0.25) is 436 Å². The van der Waals surface area contributed by atoms with Crippen LogP contribution in [0.15, 0.2) is 12.2 Å². The van der Waals surface area contributed by atoms with Crippen molar-refractivity contribution in [3.05, 3.63) is 12.2 Å². The Morgan fingerprint density at radius 3 is 0.796 bits per heavy atom. The van der Waals surface area contributed by atoms with Crippen molar-refractivity contribution in [1.29, 1.82) is 0 Å². The molecule has 0 N–H and O–H groups in total. The van der Waals surface area contributed by atoms with Gasteiger partial charge in [-0.15, -0.1) is 0 Å². The Balaban J connectivity index is 7.91. The minimum absolute atomic E-state index is 0.289. The van der Waals surface area contributed by atoms with Gasteiger partial charge in [0, 0.05) is 35.8 Å². The Labute approximate surface area is 884 Å². The molecule has 0 aliphatic rings. The molecule has 0 spiro atoms. The number of unbranched alkanes of at least 4 members (excludes halogenated alkanes) is 5. The average molecular weight is 2430 g/mol. The molecule has 0 rings (SSSR count). The lowest BCUT2D eigenvalue weighted by molar-refractivity contribution is -0.139. The summed E-state index contributed by atoms with van der Waals surface area (Å²) in [6, 6.07) is 16.3. The lowest BCUT2D eigenvalue weighted by Crippen LogP contribution is -2.64. The molecular formula is C86H228O22Si29. The summed E-state index contributed by atoms with van der Waals surface area (Å²) in [5.74, 6) is -0.289. The Kier molecular flexibility index (Phi) is 61.0. The minimum Gasteiger partial charge on any atom is -0.462 e. The van der Waals surface area contributed by atoms with Gasteiger partial charge in [0.1, 0.15) is 29.3 Å². The largest absolute Gasteiger partial charge is 0.469 e. The summed E-state index contributed by atoms with van der Waals surface area (Å²) >= 11 is 0. The number of carbonyl (C=O) groups excluding carboxylic acids is 1. The van der Waals surface area contributed by atoms with E-state index in [0.29, 0.717) is 42.8 Å². The second-order valence-electron chi connectivity index (χ2n) is 55.2. The molecule has 137 heavy (non-hydrogen) atoms. The summed E-state index contributed by atoms with van der Waals surface area (Å²) in [5, 5.41) is 0. The van der Waals surface area contributed by atoms with Crippen LogP contribution in [0.25, 0.3) is 0 Å². The van der Waals surface area contributed by atoms with Crippen molar-refractivity contribution in [3.8, 4) is 0 Å². The Bertz CT molecular complexity index is 3340. The zero-order valence-corrected chi connectivity index (χ0v) is 130. The van der Waals surface area contributed by atoms with Gasteiger partial charge in [0.25, 0.3) is 0 Å². The van der Waals surface area contributed by atoms with E-state index in [0.717, 1.165) is 80.1 Å². The first kappa shape index (κ1) is 142. The van der Waals surface area contributed by atoms with Crippen molar-refractivity contribution in [2.24, 2.45) is 0 Å². The number of rotatable bonds is 81. The summed E-state index contributed by atoms with van der Waals surface area (Å²) in [7, 11) is -66.8. The fourth-order valence-electron chi connectivity index (χ4n) is 16.7. The average Bonchev–Trinajstić information content (AvgIpc) is 0.780. The van der Waals surface area contributed by atoms with Gasteiger partial charge in [0.05, 0.1) is 6.61 Å². The van der Waals surface area contributed by atoms with E-state index in [-0.39, 0.29) is 5.97 Å². The van der Waals surface area contributed by atoms with E-state index < -0.39 is 250 Å². The maximum Gasteiger partial charge on any atom is 0.469 e. The molecule has 22 nitrogen and oxygen atoms in total. The van der Waals surface area contributed by atoms with E-state index in [1.807, 2.05) is 0 Å². The summed E-state index contributed by atoms with van der Waals surface area (Å²) in [6.45, 7) is 125. The van der Waals surface area contributed by atoms with Crippen molar-refractivity contribution in [2.75, 3.05) is 6.61 Å². The topological polar surface area (TPSA) is 211 Å². The van der Waals surface area contributed by atoms with Gasteiger partial charge in [0.15, 0.2) is 167 Å². The molecule has 0 aromatic rings. The van der Waals surface area contributed by atoms with Gasteiger partial charge in [0.2, 0.25) is 0 Å². The van der Waals surface area contributed by atoms with Crippen LogP contribution in [0.4, 0.5) is 0 Å². The second-order valence-corrected chi connectivity index (χ2v) is 168.